The molecule has 0 saturated carbocycles. The van der Waals surface area contributed by atoms with Crippen LogP contribution in [0.1, 0.15) is 23.7 Å². The minimum atomic E-state index is -1.05. The Hall–Kier alpha value is -1.93. The van der Waals surface area contributed by atoms with Crippen molar-refractivity contribution in [1.29, 1.82) is 0 Å². The summed E-state index contributed by atoms with van der Waals surface area (Å²) in [4.78, 5) is 33.9. The summed E-state index contributed by atoms with van der Waals surface area (Å²) in [7, 11) is 0. The van der Waals surface area contributed by atoms with Gasteiger partial charge in [0.2, 0.25) is 11.8 Å². The Balaban J connectivity index is 2.72. The fraction of sp³-hybridized carbons (Fsp3) is 0.364. The molecule has 104 valence electrons. The van der Waals surface area contributed by atoms with Gasteiger partial charge in [0, 0.05) is 0 Å². The molecule has 19 heavy (non-hydrogen) atoms. The Kier molecular flexibility index (Phi) is 5.46. The van der Waals surface area contributed by atoms with Gasteiger partial charge in [0.05, 0.1) is 24.6 Å². The Labute approximate surface area is 113 Å². The van der Waals surface area contributed by atoms with Gasteiger partial charge in [-0.3, -0.25) is 9.59 Å². The van der Waals surface area contributed by atoms with Crippen molar-refractivity contribution in [3.63, 3.8) is 0 Å². The van der Waals surface area contributed by atoms with Gasteiger partial charge in [-0.2, -0.15) is 0 Å². The predicted molar refractivity (Wildman–Crippen MR) is 70.7 cm³/mol. The van der Waals surface area contributed by atoms with E-state index in [0.717, 1.165) is 11.3 Å². The van der Waals surface area contributed by atoms with E-state index < -0.39 is 23.8 Å². The lowest BCUT2D eigenvalue weighted by Crippen LogP contribution is -2.39. The quantitative estimate of drug-likeness (QED) is 0.638. The van der Waals surface area contributed by atoms with Gasteiger partial charge in [-0.05, 0) is 18.4 Å². The van der Waals surface area contributed by atoms with Crippen LogP contribution >= 0.6 is 11.3 Å². The molecule has 0 aliphatic heterocycles. The molecule has 0 spiro atoms. The number of ether oxygens (including phenoxy) is 1. The number of nitrogens with two attached hydrogens (primary N) is 2. The van der Waals surface area contributed by atoms with Crippen LogP contribution in [0.5, 0.6) is 0 Å². The summed E-state index contributed by atoms with van der Waals surface area (Å²) < 4.78 is 4.84. The van der Waals surface area contributed by atoms with Crippen molar-refractivity contribution in [1.82, 2.24) is 0 Å². The Morgan fingerprint density at radius 1 is 1.47 bits per heavy atom. The third-order valence-corrected chi connectivity index (χ3v) is 2.99. The van der Waals surface area contributed by atoms with Gasteiger partial charge in [-0.25, -0.2) is 4.79 Å². The van der Waals surface area contributed by atoms with Crippen LogP contribution in [0.25, 0.3) is 0 Å². The molecule has 8 heteroatoms. The zero-order chi connectivity index (χ0) is 14.4. The van der Waals surface area contributed by atoms with E-state index in [9.17, 15) is 14.4 Å². The maximum Gasteiger partial charge on any atom is 0.341 e. The Morgan fingerprint density at radius 2 is 2.16 bits per heavy atom. The second kappa shape index (κ2) is 6.86. The molecule has 0 saturated heterocycles. The zero-order valence-corrected chi connectivity index (χ0v) is 11.2. The molecule has 1 unspecified atom stereocenters. The van der Waals surface area contributed by atoms with Gasteiger partial charge in [0.25, 0.3) is 0 Å². The number of carbonyl (C=O) groups is 3. The monoisotopic (exact) mass is 285 g/mol. The van der Waals surface area contributed by atoms with E-state index in [0.29, 0.717) is 5.00 Å². The van der Waals surface area contributed by atoms with E-state index in [2.05, 4.69) is 5.32 Å². The molecule has 1 heterocycles. The Morgan fingerprint density at radius 3 is 2.74 bits per heavy atom. The topological polar surface area (TPSA) is 125 Å². The third-order valence-electron chi connectivity index (χ3n) is 2.16. The van der Waals surface area contributed by atoms with Crippen LogP contribution in [0.15, 0.2) is 11.4 Å². The van der Waals surface area contributed by atoms with E-state index >= 15 is 0 Å². The first kappa shape index (κ1) is 15.1. The summed E-state index contributed by atoms with van der Waals surface area (Å²) in [6.07, 6.45) is -0.258. The predicted octanol–water partition coefficient (Wildman–Crippen LogP) is 0.0660. The average Bonchev–Trinajstić information content (AvgIpc) is 2.76. The zero-order valence-electron chi connectivity index (χ0n) is 10.3. The van der Waals surface area contributed by atoms with Crippen LogP contribution in [-0.4, -0.2) is 30.4 Å². The molecule has 0 aliphatic rings. The summed E-state index contributed by atoms with van der Waals surface area (Å²) in [5.74, 6) is -1.77. The van der Waals surface area contributed by atoms with Gasteiger partial charge in [-0.15, -0.1) is 11.3 Å². The number of anilines is 1. The smallest absolute Gasteiger partial charge is 0.341 e. The van der Waals surface area contributed by atoms with Crippen molar-refractivity contribution in [2.45, 2.75) is 19.4 Å². The second-order valence-electron chi connectivity index (χ2n) is 3.65. The standard InChI is InChI=1S/C11H15N3O4S/c1-2-18-11(17)6-3-4-19-10(6)14-9(16)7(12)5-8(13)15/h3-4,7H,2,5,12H2,1H3,(H2,13,15)(H,14,16). The van der Waals surface area contributed by atoms with Gasteiger partial charge in [0.1, 0.15) is 5.00 Å². The van der Waals surface area contributed by atoms with E-state index in [-0.39, 0.29) is 18.6 Å². The number of thiophene rings is 1. The highest BCUT2D eigenvalue weighted by Gasteiger charge is 2.20. The van der Waals surface area contributed by atoms with Gasteiger partial charge < -0.3 is 21.5 Å². The maximum absolute atomic E-state index is 11.7. The van der Waals surface area contributed by atoms with Crippen molar-refractivity contribution in [2.75, 3.05) is 11.9 Å². The summed E-state index contributed by atoms with van der Waals surface area (Å²) in [6, 6.07) is 0.493. The van der Waals surface area contributed by atoms with Gasteiger partial charge in [-0.1, -0.05) is 0 Å². The second-order valence-corrected chi connectivity index (χ2v) is 4.57. The van der Waals surface area contributed by atoms with E-state index in [1.807, 2.05) is 0 Å². The highest BCUT2D eigenvalue weighted by atomic mass is 32.1. The van der Waals surface area contributed by atoms with Crippen molar-refractivity contribution in [3.05, 3.63) is 17.0 Å². The van der Waals surface area contributed by atoms with Gasteiger partial charge >= 0.3 is 5.97 Å². The molecule has 1 atom stereocenters. The highest BCUT2D eigenvalue weighted by Crippen LogP contribution is 2.24. The van der Waals surface area contributed by atoms with Gasteiger partial charge in [0.15, 0.2) is 0 Å². The first-order valence-electron chi connectivity index (χ1n) is 5.55. The minimum absolute atomic E-state index is 0.239. The number of esters is 1. The highest BCUT2D eigenvalue weighted by molar-refractivity contribution is 7.14. The van der Waals surface area contributed by atoms with Crippen molar-refractivity contribution < 1.29 is 19.1 Å². The lowest BCUT2D eigenvalue weighted by atomic mass is 10.2. The molecule has 0 aromatic carbocycles. The average molecular weight is 285 g/mol. The van der Waals surface area contributed by atoms with E-state index in [1.54, 1.807) is 12.3 Å². The van der Waals surface area contributed by atoms with Crippen LogP contribution in [0.3, 0.4) is 0 Å². The summed E-state index contributed by atoms with van der Waals surface area (Å²) in [5.41, 5.74) is 10.7. The summed E-state index contributed by atoms with van der Waals surface area (Å²) in [6.45, 7) is 1.93. The molecule has 1 aromatic heterocycles. The largest absolute Gasteiger partial charge is 0.462 e. The van der Waals surface area contributed by atoms with Crippen LogP contribution in [0, 0.1) is 0 Å². The molecular weight excluding hydrogens is 270 g/mol. The molecular formula is C11H15N3O4S. The fourth-order valence-electron chi connectivity index (χ4n) is 1.29. The molecule has 1 rings (SSSR count). The Bertz CT molecular complexity index is 486. The first-order chi connectivity index (χ1) is 8.95. The molecule has 0 radical (unpaired) electrons. The van der Waals surface area contributed by atoms with Crippen LogP contribution in [0.2, 0.25) is 0 Å². The first-order valence-corrected chi connectivity index (χ1v) is 6.43. The molecule has 0 bridgehead atoms. The fourth-order valence-corrected chi connectivity index (χ4v) is 2.07. The number of rotatable bonds is 6. The molecule has 7 nitrogen and oxygen atoms in total. The van der Waals surface area contributed by atoms with E-state index in [4.69, 9.17) is 16.2 Å². The van der Waals surface area contributed by atoms with Crippen molar-refractivity contribution in [2.24, 2.45) is 11.5 Å². The minimum Gasteiger partial charge on any atom is -0.462 e. The number of carbonyl (C=O) groups excluding carboxylic acids is 3. The number of hydrogen-bond acceptors (Lipinski definition) is 6. The number of hydrogen-bond donors (Lipinski definition) is 3. The molecule has 0 aliphatic carbocycles. The summed E-state index contributed by atoms with van der Waals surface area (Å²) in [5, 5.41) is 4.46. The molecule has 2 amide bonds. The lowest BCUT2D eigenvalue weighted by molar-refractivity contribution is -0.123. The van der Waals surface area contributed by atoms with Crippen molar-refractivity contribution >= 4 is 34.1 Å². The molecule has 1 aromatic rings. The SMILES string of the molecule is CCOC(=O)c1ccsc1NC(=O)C(N)CC(N)=O. The number of primary amides is 1. The number of nitrogens with one attached hydrogen (secondary N) is 1. The summed E-state index contributed by atoms with van der Waals surface area (Å²) >= 11 is 1.16. The van der Waals surface area contributed by atoms with Crippen LogP contribution in [0.4, 0.5) is 5.00 Å². The van der Waals surface area contributed by atoms with Crippen LogP contribution in [-0.2, 0) is 14.3 Å². The molecule has 0 fully saturated rings. The van der Waals surface area contributed by atoms with Crippen LogP contribution < -0.4 is 16.8 Å². The lowest BCUT2D eigenvalue weighted by Gasteiger charge is -2.10. The van der Waals surface area contributed by atoms with Crippen molar-refractivity contribution in [3.8, 4) is 0 Å². The third kappa shape index (κ3) is 4.34. The van der Waals surface area contributed by atoms with E-state index in [1.165, 1.54) is 6.07 Å². The number of amides is 2. The maximum atomic E-state index is 11.7. The normalized spacial score (nSPS) is 11.7. The molecule has 5 N–H and O–H groups in total.